The van der Waals surface area contributed by atoms with Crippen molar-refractivity contribution in [1.29, 1.82) is 0 Å². The molecular formula is C8H19NO. The largest absolute Gasteiger partial charge is 0.393 e. The molecule has 0 aliphatic carbocycles. The first kappa shape index (κ1) is 9.92. The highest BCUT2D eigenvalue weighted by Crippen LogP contribution is 1.97. The van der Waals surface area contributed by atoms with Gasteiger partial charge in [0.1, 0.15) is 0 Å². The summed E-state index contributed by atoms with van der Waals surface area (Å²) in [5.74, 6) is 0. The molecule has 0 fully saturated rings. The zero-order valence-corrected chi connectivity index (χ0v) is 7.30. The normalized spacial score (nSPS) is 14.1. The van der Waals surface area contributed by atoms with Crippen LogP contribution < -0.4 is 0 Å². The minimum atomic E-state index is -0.103. The second kappa shape index (κ2) is 5.69. The average Bonchev–Trinajstić information content (AvgIpc) is 1.99. The molecule has 0 rings (SSSR count). The SMILES string of the molecule is CCC(O)CCN(C)CC. The smallest absolute Gasteiger partial charge is 0.0549 e. The van der Waals surface area contributed by atoms with E-state index in [2.05, 4.69) is 18.9 Å². The van der Waals surface area contributed by atoms with Crippen molar-refractivity contribution in [2.75, 3.05) is 20.1 Å². The van der Waals surface area contributed by atoms with Gasteiger partial charge in [0, 0.05) is 6.54 Å². The summed E-state index contributed by atoms with van der Waals surface area (Å²) in [7, 11) is 2.07. The van der Waals surface area contributed by atoms with Gasteiger partial charge in [0.05, 0.1) is 6.10 Å². The Hall–Kier alpha value is -0.0800. The first-order valence-electron chi connectivity index (χ1n) is 4.07. The van der Waals surface area contributed by atoms with Crippen LogP contribution in [0.1, 0.15) is 26.7 Å². The highest BCUT2D eigenvalue weighted by atomic mass is 16.3. The first-order chi connectivity index (χ1) is 4.70. The molecule has 2 heteroatoms. The zero-order chi connectivity index (χ0) is 7.98. The third-order valence-corrected chi connectivity index (χ3v) is 1.86. The van der Waals surface area contributed by atoms with E-state index in [1.54, 1.807) is 0 Å². The highest BCUT2D eigenvalue weighted by molar-refractivity contribution is 4.55. The Bertz CT molecular complexity index is 65.7. The van der Waals surface area contributed by atoms with Crippen molar-refractivity contribution in [3.63, 3.8) is 0 Å². The molecule has 1 unspecified atom stereocenters. The van der Waals surface area contributed by atoms with Crippen LogP contribution in [0, 0.1) is 0 Å². The molecule has 10 heavy (non-hydrogen) atoms. The number of hydrogen-bond donors (Lipinski definition) is 1. The van der Waals surface area contributed by atoms with Crippen molar-refractivity contribution in [1.82, 2.24) is 4.90 Å². The van der Waals surface area contributed by atoms with Crippen LogP contribution >= 0.6 is 0 Å². The molecule has 1 N–H and O–H groups in total. The van der Waals surface area contributed by atoms with Gasteiger partial charge in [0.25, 0.3) is 0 Å². The summed E-state index contributed by atoms with van der Waals surface area (Å²) >= 11 is 0. The highest BCUT2D eigenvalue weighted by Gasteiger charge is 2.01. The number of rotatable bonds is 5. The predicted molar refractivity (Wildman–Crippen MR) is 44.1 cm³/mol. The van der Waals surface area contributed by atoms with Crippen LogP contribution in [0.2, 0.25) is 0 Å². The van der Waals surface area contributed by atoms with Crippen LogP contribution in [-0.4, -0.2) is 36.2 Å². The number of hydrogen-bond acceptors (Lipinski definition) is 2. The fourth-order valence-electron chi connectivity index (χ4n) is 0.732. The van der Waals surface area contributed by atoms with Crippen LogP contribution in [0.15, 0.2) is 0 Å². The molecule has 2 nitrogen and oxygen atoms in total. The molecule has 0 aromatic rings. The Kier molecular flexibility index (Phi) is 5.64. The maximum Gasteiger partial charge on any atom is 0.0549 e. The van der Waals surface area contributed by atoms with Gasteiger partial charge in [0.2, 0.25) is 0 Å². The molecule has 0 radical (unpaired) electrons. The summed E-state index contributed by atoms with van der Waals surface area (Å²) in [5, 5.41) is 9.18. The van der Waals surface area contributed by atoms with Gasteiger partial charge < -0.3 is 10.0 Å². The van der Waals surface area contributed by atoms with Gasteiger partial charge in [-0.15, -0.1) is 0 Å². The monoisotopic (exact) mass is 145 g/mol. The van der Waals surface area contributed by atoms with E-state index >= 15 is 0 Å². The summed E-state index contributed by atoms with van der Waals surface area (Å²) in [6, 6.07) is 0. The van der Waals surface area contributed by atoms with E-state index < -0.39 is 0 Å². The van der Waals surface area contributed by atoms with E-state index in [9.17, 15) is 5.11 Å². The van der Waals surface area contributed by atoms with Crippen molar-refractivity contribution < 1.29 is 5.11 Å². The summed E-state index contributed by atoms with van der Waals surface area (Å²) in [6.45, 7) is 6.21. The van der Waals surface area contributed by atoms with E-state index in [-0.39, 0.29) is 6.10 Å². The van der Waals surface area contributed by atoms with Crippen molar-refractivity contribution in [3.8, 4) is 0 Å². The van der Waals surface area contributed by atoms with Crippen molar-refractivity contribution in [2.24, 2.45) is 0 Å². The van der Waals surface area contributed by atoms with Gasteiger partial charge >= 0.3 is 0 Å². The van der Waals surface area contributed by atoms with E-state index in [0.29, 0.717) is 0 Å². The van der Waals surface area contributed by atoms with Crippen LogP contribution in [0.25, 0.3) is 0 Å². The molecule has 0 saturated heterocycles. The standard InChI is InChI=1S/C8H19NO/c1-4-8(10)6-7-9(3)5-2/h8,10H,4-7H2,1-3H3. The second-order valence-electron chi connectivity index (χ2n) is 2.75. The summed E-state index contributed by atoms with van der Waals surface area (Å²) in [4.78, 5) is 2.21. The van der Waals surface area contributed by atoms with Crippen molar-refractivity contribution in [2.45, 2.75) is 32.8 Å². The van der Waals surface area contributed by atoms with Crippen LogP contribution in [-0.2, 0) is 0 Å². The summed E-state index contributed by atoms with van der Waals surface area (Å²) in [5.41, 5.74) is 0. The molecule has 62 valence electrons. The summed E-state index contributed by atoms with van der Waals surface area (Å²) < 4.78 is 0. The minimum absolute atomic E-state index is 0.103. The average molecular weight is 145 g/mol. The molecule has 1 atom stereocenters. The van der Waals surface area contributed by atoms with Gasteiger partial charge in [-0.2, -0.15) is 0 Å². The lowest BCUT2D eigenvalue weighted by Gasteiger charge is -2.15. The zero-order valence-electron chi connectivity index (χ0n) is 7.30. The fraction of sp³-hybridized carbons (Fsp3) is 1.00. The van der Waals surface area contributed by atoms with Gasteiger partial charge in [-0.1, -0.05) is 13.8 Å². The van der Waals surface area contributed by atoms with E-state index in [1.807, 2.05) is 6.92 Å². The number of aliphatic hydroxyl groups is 1. The molecule has 0 amide bonds. The number of nitrogens with zero attached hydrogens (tertiary/aromatic N) is 1. The van der Waals surface area contributed by atoms with Gasteiger partial charge in [-0.3, -0.25) is 0 Å². The summed E-state index contributed by atoms with van der Waals surface area (Å²) in [6.07, 6.45) is 1.67. The fourth-order valence-corrected chi connectivity index (χ4v) is 0.732. The van der Waals surface area contributed by atoms with Crippen molar-refractivity contribution in [3.05, 3.63) is 0 Å². The predicted octanol–water partition coefficient (Wildman–Crippen LogP) is 1.10. The van der Waals surface area contributed by atoms with Gasteiger partial charge in [-0.25, -0.2) is 0 Å². The Morgan fingerprint density at radius 3 is 2.40 bits per heavy atom. The minimum Gasteiger partial charge on any atom is -0.393 e. The molecule has 0 aliphatic rings. The molecule has 0 aromatic heterocycles. The van der Waals surface area contributed by atoms with E-state index in [4.69, 9.17) is 0 Å². The lowest BCUT2D eigenvalue weighted by Crippen LogP contribution is -2.22. The van der Waals surface area contributed by atoms with Crippen LogP contribution in [0.4, 0.5) is 0 Å². The molecule has 0 saturated carbocycles. The van der Waals surface area contributed by atoms with E-state index in [1.165, 1.54) is 0 Å². The molecule has 0 spiro atoms. The van der Waals surface area contributed by atoms with Gasteiger partial charge in [0.15, 0.2) is 0 Å². The van der Waals surface area contributed by atoms with E-state index in [0.717, 1.165) is 25.9 Å². The Morgan fingerprint density at radius 2 is 2.00 bits per heavy atom. The molecule has 0 aliphatic heterocycles. The lowest BCUT2D eigenvalue weighted by atomic mass is 10.2. The van der Waals surface area contributed by atoms with Gasteiger partial charge in [-0.05, 0) is 26.4 Å². The Morgan fingerprint density at radius 1 is 1.40 bits per heavy atom. The Balaban J connectivity index is 3.17. The third-order valence-electron chi connectivity index (χ3n) is 1.86. The second-order valence-corrected chi connectivity index (χ2v) is 2.75. The Labute approximate surface area is 63.8 Å². The van der Waals surface area contributed by atoms with Crippen LogP contribution in [0.3, 0.4) is 0 Å². The maximum atomic E-state index is 9.18. The molecular weight excluding hydrogens is 126 g/mol. The number of aliphatic hydroxyl groups excluding tert-OH is 1. The first-order valence-corrected chi connectivity index (χ1v) is 4.07. The molecule has 0 bridgehead atoms. The topological polar surface area (TPSA) is 23.5 Å². The quantitative estimate of drug-likeness (QED) is 0.626. The molecule has 0 aromatic carbocycles. The van der Waals surface area contributed by atoms with Crippen molar-refractivity contribution >= 4 is 0 Å². The maximum absolute atomic E-state index is 9.18. The molecule has 0 heterocycles. The third kappa shape index (κ3) is 4.77. The van der Waals surface area contributed by atoms with Crippen LogP contribution in [0.5, 0.6) is 0 Å². The lowest BCUT2D eigenvalue weighted by molar-refractivity contribution is 0.144.